The number of piperidine rings is 1. The quantitative estimate of drug-likeness (QED) is 0.774. The number of hydrogen-bond acceptors (Lipinski definition) is 3. The van der Waals surface area contributed by atoms with Crippen LogP contribution in [0.3, 0.4) is 0 Å². The lowest BCUT2D eigenvalue weighted by Crippen LogP contribution is -2.45. The van der Waals surface area contributed by atoms with E-state index in [2.05, 4.69) is 35.9 Å². The fourth-order valence-corrected chi connectivity index (χ4v) is 3.79. The first kappa shape index (κ1) is 16.3. The molecular weight excluding hydrogens is 246 g/mol. The topological polar surface area (TPSA) is 18.5 Å². The minimum atomic E-state index is 0.669. The molecule has 0 saturated carbocycles. The Labute approximate surface area is 126 Å². The fourth-order valence-electron chi connectivity index (χ4n) is 3.79. The Kier molecular flexibility index (Phi) is 6.79. The van der Waals surface area contributed by atoms with Crippen molar-refractivity contribution in [3.8, 4) is 0 Å². The molecule has 20 heavy (non-hydrogen) atoms. The van der Waals surface area contributed by atoms with Gasteiger partial charge in [-0.05, 0) is 52.6 Å². The molecule has 2 fully saturated rings. The number of nitrogens with zero attached hydrogens (tertiary/aromatic N) is 2. The zero-order chi connectivity index (χ0) is 14.4. The average molecular weight is 281 g/mol. The van der Waals surface area contributed by atoms with Gasteiger partial charge in [-0.15, -0.1) is 0 Å². The van der Waals surface area contributed by atoms with Crippen molar-refractivity contribution in [1.29, 1.82) is 0 Å². The van der Waals surface area contributed by atoms with Crippen molar-refractivity contribution in [3.05, 3.63) is 0 Å². The van der Waals surface area contributed by atoms with Crippen molar-refractivity contribution in [3.63, 3.8) is 0 Å². The molecule has 2 aliphatic rings. The number of likely N-dealkylation sites (tertiary alicyclic amines) is 2. The molecule has 3 unspecified atom stereocenters. The summed E-state index contributed by atoms with van der Waals surface area (Å²) >= 11 is 0. The zero-order valence-corrected chi connectivity index (χ0v) is 13.9. The predicted molar refractivity (Wildman–Crippen MR) is 87.2 cm³/mol. The van der Waals surface area contributed by atoms with Crippen molar-refractivity contribution >= 4 is 0 Å². The van der Waals surface area contributed by atoms with Gasteiger partial charge in [0.1, 0.15) is 0 Å². The molecule has 2 rings (SSSR count). The Morgan fingerprint density at radius 3 is 2.55 bits per heavy atom. The molecule has 3 heteroatoms. The molecule has 0 spiro atoms. The second kappa shape index (κ2) is 8.35. The van der Waals surface area contributed by atoms with Crippen LogP contribution in [0, 0.1) is 0 Å². The molecule has 3 atom stereocenters. The molecule has 3 nitrogen and oxygen atoms in total. The molecule has 2 saturated heterocycles. The lowest BCUT2D eigenvalue weighted by atomic mass is 10.1. The Bertz CT molecular complexity index is 263. The second-order valence-corrected chi connectivity index (χ2v) is 6.98. The summed E-state index contributed by atoms with van der Waals surface area (Å²) in [5, 5.41) is 3.70. The standard InChI is InChI=1S/C17H35N3/c1-4-8-15(2)18-13-16(3)20-12-9-17(14-20)19-10-6-5-7-11-19/h15-18H,4-14H2,1-3H3. The average Bonchev–Trinajstić information content (AvgIpc) is 2.96. The summed E-state index contributed by atoms with van der Waals surface area (Å²) < 4.78 is 0. The first-order valence-electron chi connectivity index (χ1n) is 8.92. The van der Waals surface area contributed by atoms with Crippen LogP contribution < -0.4 is 5.32 Å². The summed E-state index contributed by atoms with van der Waals surface area (Å²) in [4.78, 5) is 5.45. The van der Waals surface area contributed by atoms with Crippen LogP contribution in [0.4, 0.5) is 0 Å². The van der Waals surface area contributed by atoms with E-state index in [1.165, 1.54) is 64.7 Å². The van der Waals surface area contributed by atoms with Crippen LogP contribution in [-0.4, -0.2) is 60.6 Å². The molecule has 0 radical (unpaired) electrons. The number of rotatable bonds is 7. The first-order chi connectivity index (χ1) is 9.70. The maximum atomic E-state index is 3.70. The van der Waals surface area contributed by atoms with Crippen molar-refractivity contribution in [2.45, 2.75) is 77.4 Å². The van der Waals surface area contributed by atoms with Gasteiger partial charge >= 0.3 is 0 Å². The summed E-state index contributed by atoms with van der Waals surface area (Å²) in [6.45, 7) is 13.4. The van der Waals surface area contributed by atoms with E-state index in [9.17, 15) is 0 Å². The van der Waals surface area contributed by atoms with Crippen LogP contribution >= 0.6 is 0 Å². The zero-order valence-electron chi connectivity index (χ0n) is 13.9. The van der Waals surface area contributed by atoms with Crippen LogP contribution in [0.5, 0.6) is 0 Å². The smallest absolute Gasteiger partial charge is 0.0235 e. The van der Waals surface area contributed by atoms with Crippen LogP contribution in [0.2, 0.25) is 0 Å². The maximum absolute atomic E-state index is 3.70. The normalized spacial score (nSPS) is 28.6. The van der Waals surface area contributed by atoms with Crippen molar-refractivity contribution in [2.24, 2.45) is 0 Å². The highest BCUT2D eigenvalue weighted by Crippen LogP contribution is 2.21. The molecule has 0 aromatic heterocycles. The molecule has 0 aromatic rings. The third-order valence-electron chi connectivity index (χ3n) is 5.21. The molecule has 2 heterocycles. The monoisotopic (exact) mass is 281 g/mol. The van der Waals surface area contributed by atoms with Crippen LogP contribution in [-0.2, 0) is 0 Å². The Balaban J connectivity index is 1.68. The molecular formula is C17H35N3. The summed E-state index contributed by atoms with van der Waals surface area (Å²) in [5.41, 5.74) is 0. The Morgan fingerprint density at radius 2 is 1.85 bits per heavy atom. The van der Waals surface area contributed by atoms with Gasteiger partial charge < -0.3 is 5.32 Å². The molecule has 0 aliphatic carbocycles. The van der Waals surface area contributed by atoms with Crippen molar-refractivity contribution in [2.75, 3.05) is 32.7 Å². The highest BCUT2D eigenvalue weighted by Gasteiger charge is 2.30. The van der Waals surface area contributed by atoms with E-state index in [0.717, 1.165) is 12.6 Å². The van der Waals surface area contributed by atoms with E-state index in [1.54, 1.807) is 0 Å². The lowest BCUT2D eigenvalue weighted by molar-refractivity contribution is 0.153. The van der Waals surface area contributed by atoms with E-state index < -0.39 is 0 Å². The molecule has 118 valence electrons. The molecule has 2 aliphatic heterocycles. The minimum Gasteiger partial charge on any atom is -0.313 e. The SMILES string of the molecule is CCCC(C)NCC(C)N1CCC(N2CCCCC2)C1. The van der Waals surface area contributed by atoms with Crippen LogP contribution in [0.25, 0.3) is 0 Å². The highest BCUT2D eigenvalue weighted by molar-refractivity contribution is 4.87. The van der Waals surface area contributed by atoms with E-state index in [4.69, 9.17) is 0 Å². The largest absolute Gasteiger partial charge is 0.313 e. The van der Waals surface area contributed by atoms with Gasteiger partial charge in [0.05, 0.1) is 0 Å². The molecule has 0 amide bonds. The van der Waals surface area contributed by atoms with Gasteiger partial charge in [-0.2, -0.15) is 0 Å². The van der Waals surface area contributed by atoms with Gasteiger partial charge in [0.25, 0.3) is 0 Å². The Morgan fingerprint density at radius 1 is 1.10 bits per heavy atom. The van der Waals surface area contributed by atoms with Gasteiger partial charge in [0.2, 0.25) is 0 Å². The second-order valence-electron chi connectivity index (χ2n) is 6.98. The predicted octanol–water partition coefficient (Wildman–Crippen LogP) is 2.71. The molecule has 0 bridgehead atoms. The summed E-state index contributed by atoms with van der Waals surface area (Å²) in [5.74, 6) is 0. The van der Waals surface area contributed by atoms with E-state index in [1.807, 2.05) is 0 Å². The molecule has 0 aromatic carbocycles. The Hall–Kier alpha value is -0.120. The third kappa shape index (κ3) is 4.71. The molecule has 1 N–H and O–H groups in total. The first-order valence-corrected chi connectivity index (χ1v) is 8.92. The lowest BCUT2D eigenvalue weighted by Gasteiger charge is -2.33. The van der Waals surface area contributed by atoms with Crippen molar-refractivity contribution < 1.29 is 0 Å². The highest BCUT2D eigenvalue weighted by atomic mass is 15.3. The van der Waals surface area contributed by atoms with Gasteiger partial charge in [0.15, 0.2) is 0 Å². The van der Waals surface area contributed by atoms with Crippen LogP contribution in [0.15, 0.2) is 0 Å². The van der Waals surface area contributed by atoms with E-state index >= 15 is 0 Å². The van der Waals surface area contributed by atoms with E-state index in [0.29, 0.717) is 12.1 Å². The van der Waals surface area contributed by atoms with Crippen molar-refractivity contribution in [1.82, 2.24) is 15.1 Å². The van der Waals surface area contributed by atoms with Crippen LogP contribution in [0.1, 0.15) is 59.3 Å². The summed E-state index contributed by atoms with van der Waals surface area (Å²) in [6.07, 6.45) is 8.24. The maximum Gasteiger partial charge on any atom is 0.0235 e. The number of nitrogens with one attached hydrogen (secondary N) is 1. The summed E-state index contributed by atoms with van der Waals surface area (Å²) in [6, 6.07) is 2.19. The number of hydrogen-bond donors (Lipinski definition) is 1. The third-order valence-corrected chi connectivity index (χ3v) is 5.21. The van der Waals surface area contributed by atoms with Gasteiger partial charge in [0, 0.05) is 37.8 Å². The van der Waals surface area contributed by atoms with Gasteiger partial charge in [-0.25, -0.2) is 0 Å². The fraction of sp³-hybridized carbons (Fsp3) is 1.00. The van der Waals surface area contributed by atoms with Gasteiger partial charge in [-0.1, -0.05) is 19.8 Å². The van der Waals surface area contributed by atoms with Gasteiger partial charge in [-0.3, -0.25) is 9.80 Å². The minimum absolute atomic E-state index is 0.669. The van der Waals surface area contributed by atoms with E-state index in [-0.39, 0.29) is 0 Å². The summed E-state index contributed by atoms with van der Waals surface area (Å²) in [7, 11) is 0.